The minimum absolute atomic E-state index is 0.317. The van der Waals surface area contributed by atoms with E-state index in [4.69, 9.17) is 11.5 Å². The van der Waals surface area contributed by atoms with Gasteiger partial charge in [0.05, 0.1) is 0 Å². The first-order chi connectivity index (χ1) is 10.9. The van der Waals surface area contributed by atoms with Gasteiger partial charge in [-0.15, -0.1) is 0 Å². The lowest BCUT2D eigenvalue weighted by molar-refractivity contribution is -0.0541. The predicted octanol–water partition coefficient (Wildman–Crippen LogP) is 4.24. The lowest BCUT2D eigenvalue weighted by Gasteiger charge is -2.59. The highest BCUT2D eigenvalue weighted by Crippen LogP contribution is 2.66. The van der Waals surface area contributed by atoms with Gasteiger partial charge in [0.1, 0.15) is 0 Å². The van der Waals surface area contributed by atoms with Gasteiger partial charge >= 0.3 is 0 Å². The molecule has 130 valence electrons. The highest BCUT2D eigenvalue weighted by atomic mass is 14.7. The zero-order chi connectivity index (χ0) is 16.4. The van der Waals surface area contributed by atoms with Crippen LogP contribution in [0.2, 0.25) is 0 Å². The highest BCUT2D eigenvalue weighted by Gasteiger charge is 2.59. The van der Waals surface area contributed by atoms with E-state index in [-0.39, 0.29) is 0 Å². The van der Waals surface area contributed by atoms with Crippen molar-refractivity contribution in [1.82, 2.24) is 0 Å². The first-order valence-electron chi connectivity index (χ1n) is 10.1. The van der Waals surface area contributed by atoms with Gasteiger partial charge in [0, 0.05) is 12.1 Å². The van der Waals surface area contributed by atoms with Crippen LogP contribution in [0.25, 0.3) is 0 Å². The number of hydrogen-bond donors (Lipinski definition) is 2. The van der Waals surface area contributed by atoms with Crippen LogP contribution in [0, 0.1) is 34.5 Å². The molecule has 0 aromatic rings. The molecule has 4 aliphatic rings. The Balaban J connectivity index is 1.64. The van der Waals surface area contributed by atoms with Crippen molar-refractivity contribution >= 4 is 0 Å². The average Bonchev–Trinajstić information content (AvgIpc) is 2.85. The highest BCUT2D eigenvalue weighted by molar-refractivity contribution is 5.26. The van der Waals surface area contributed by atoms with E-state index in [2.05, 4.69) is 26.8 Å². The van der Waals surface area contributed by atoms with Gasteiger partial charge in [0.2, 0.25) is 0 Å². The van der Waals surface area contributed by atoms with Gasteiger partial charge < -0.3 is 11.5 Å². The van der Waals surface area contributed by atoms with Crippen LogP contribution in [0.3, 0.4) is 0 Å². The first-order valence-corrected chi connectivity index (χ1v) is 10.1. The van der Waals surface area contributed by atoms with Crippen LogP contribution in [0.15, 0.2) is 11.6 Å². The third kappa shape index (κ3) is 2.20. The van der Waals surface area contributed by atoms with Gasteiger partial charge in [-0.3, -0.25) is 0 Å². The van der Waals surface area contributed by atoms with Crippen LogP contribution in [0.5, 0.6) is 0 Å². The number of hydrogen-bond acceptors (Lipinski definition) is 2. The summed E-state index contributed by atoms with van der Waals surface area (Å²) in [6.07, 6.45) is 13.3. The number of fused-ring (bicyclic) bond motifs is 5. The maximum atomic E-state index is 6.38. The van der Waals surface area contributed by atoms with E-state index >= 15 is 0 Å². The van der Waals surface area contributed by atoms with Crippen molar-refractivity contribution in [2.75, 3.05) is 0 Å². The molecule has 8 atom stereocenters. The fourth-order valence-electron chi connectivity index (χ4n) is 7.66. The Bertz CT molecular complexity index is 510. The molecule has 0 aromatic carbocycles. The van der Waals surface area contributed by atoms with Crippen molar-refractivity contribution in [2.24, 2.45) is 46.0 Å². The van der Waals surface area contributed by atoms with E-state index < -0.39 is 0 Å². The van der Waals surface area contributed by atoms with Crippen molar-refractivity contribution in [3.05, 3.63) is 11.6 Å². The van der Waals surface area contributed by atoms with E-state index in [1.54, 1.807) is 5.57 Å². The summed E-state index contributed by atoms with van der Waals surface area (Å²) >= 11 is 0. The van der Waals surface area contributed by atoms with Crippen LogP contribution in [0.4, 0.5) is 0 Å². The Morgan fingerprint density at radius 3 is 2.57 bits per heavy atom. The van der Waals surface area contributed by atoms with Crippen molar-refractivity contribution in [1.29, 1.82) is 0 Å². The molecule has 4 rings (SSSR count). The van der Waals surface area contributed by atoms with E-state index in [1.165, 1.54) is 51.4 Å². The van der Waals surface area contributed by atoms with E-state index in [0.29, 0.717) is 22.9 Å². The Kier molecular flexibility index (Phi) is 3.74. The molecule has 0 heterocycles. The lowest BCUT2D eigenvalue weighted by atomic mass is 9.46. The number of rotatable bonds is 1. The van der Waals surface area contributed by atoms with Crippen LogP contribution in [-0.2, 0) is 0 Å². The molecule has 4 N–H and O–H groups in total. The molecule has 0 amide bonds. The van der Waals surface area contributed by atoms with Gasteiger partial charge in [-0.2, -0.15) is 0 Å². The second-order valence-electron chi connectivity index (χ2n) is 9.81. The molecule has 2 heteroatoms. The van der Waals surface area contributed by atoms with Gasteiger partial charge in [-0.1, -0.05) is 25.5 Å². The van der Waals surface area contributed by atoms with Gasteiger partial charge in [0.15, 0.2) is 0 Å². The standard InChI is InChI=1S/C21H36N2/c1-13(22)17-6-7-18-16-5-4-14-12-15(23)8-10-20(14,2)19(16)9-11-21(17,18)3/h12-13,15-19H,4-11,22-23H2,1-3H3/t13-,15+,16+,17-,18+,19+,20+,21-/m1/s1. The molecular weight excluding hydrogens is 280 g/mol. The fraction of sp³-hybridized carbons (Fsp3) is 0.905. The largest absolute Gasteiger partial charge is 0.328 e. The van der Waals surface area contributed by atoms with Crippen LogP contribution in [-0.4, -0.2) is 12.1 Å². The molecule has 3 fully saturated rings. The molecule has 2 nitrogen and oxygen atoms in total. The fourth-order valence-corrected chi connectivity index (χ4v) is 7.66. The summed E-state index contributed by atoms with van der Waals surface area (Å²) < 4.78 is 0. The Morgan fingerprint density at radius 2 is 1.83 bits per heavy atom. The third-order valence-corrected chi connectivity index (χ3v) is 8.86. The van der Waals surface area contributed by atoms with Crippen molar-refractivity contribution in [3.63, 3.8) is 0 Å². The maximum absolute atomic E-state index is 6.38. The summed E-state index contributed by atoms with van der Waals surface area (Å²) in [5, 5.41) is 0. The number of nitrogens with two attached hydrogens (primary N) is 2. The van der Waals surface area contributed by atoms with E-state index in [0.717, 1.165) is 23.7 Å². The summed E-state index contributed by atoms with van der Waals surface area (Å²) in [4.78, 5) is 0. The Morgan fingerprint density at radius 1 is 1.04 bits per heavy atom. The topological polar surface area (TPSA) is 52.0 Å². The second-order valence-corrected chi connectivity index (χ2v) is 9.81. The normalized spacial score (nSPS) is 53.8. The molecule has 0 aromatic heterocycles. The SMILES string of the molecule is C[C@@H](N)[C@H]1CC[C@H]2[C@@H]3CCC4=C[C@@H](N)CC[C@]4(C)[C@H]3CC[C@]12C. The zero-order valence-corrected chi connectivity index (χ0v) is 15.4. The monoisotopic (exact) mass is 316 g/mol. The van der Waals surface area contributed by atoms with Gasteiger partial charge in [-0.25, -0.2) is 0 Å². The smallest absolute Gasteiger partial charge is 0.0226 e. The third-order valence-electron chi connectivity index (χ3n) is 8.86. The lowest BCUT2D eigenvalue weighted by Crippen LogP contribution is -2.52. The number of allylic oxidation sites excluding steroid dienone is 1. The molecule has 0 aliphatic heterocycles. The minimum Gasteiger partial charge on any atom is -0.328 e. The van der Waals surface area contributed by atoms with E-state index in [9.17, 15) is 0 Å². The van der Waals surface area contributed by atoms with Crippen LogP contribution < -0.4 is 11.5 Å². The average molecular weight is 317 g/mol. The summed E-state index contributed by atoms with van der Waals surface area (Å²) in [7, 11) is 0. The van der Waals surface area contributed by atoms with Crippen LogP contribution in [0.1, 0.15) is 72.1 Å². The molecule has 0 unspecified atom stereocenters. The van der Waals surface area contributed by atoms with Gasteiger partial charge in [-0.05, 0) is 92.8 Å². The minimum atomic E-state index is 0.317. The zero-order valence-electron chi connectivity index (χ0n) is 15.4. The van der Waals surface area contributed by atoms with Crippen molar-refractivity contribution < 1.29 is 0 Å². The molecular formula is C21H36N2. The summed E-state index contributed by atoms with van der Waals surface area (Å²) in [6, 6.07) is 0.682. The molecule has 0 radical (unpaired) electrons. The molecule has 0 spiro atoms. The second kappa shape index (κ2) is 5.33. The Hall–Kier alpha value is -0.340. The maximum Gasteiger partial charge on any atom is 0.0226 e. The summed E-state index contributed by atoms with van der Waals surface area (Å²) in [5.41, 5.74) is 15.3. The molecule has 23 heavy (non-hydrogen) atoms. The predicted molar refractivity (Wildman–Crippen MR) is 96.8 cm³/mol. The quantitative estimate of drug-likeness (QED) is 0.711. The van der Waals surface area contributed by atoms with Crippen LogP contribution >= 0.6 is 0 Å². The molecule has 3 saturated carbocycles. The van der Waals surface area contributed by atoms with Crippen molar-refractivity contribution in [2.45, 2.75) is 84.2 Å². The Labute approximate surface area is 142 Å². The molecule has 0 saturated heterocycles. The van der Waals surface area contributed by atoms with Gasteiger partial charge in [0.25, 0.3) is 0 Å². The molecule has 0 bridgehead atoms. The first kappa shape index (κ1) is 16.1. The molecule has 4 aliphatic carbocycles. The van der Waals surface area contributed by atoms with E-state index in [1.807, 2.05) is 0 Å². The summed E-state index contributed by atoms with van der Waals surface area (Å²) in [5.74, 6) is 3.51. The van der Waals surface area contributed by atoms with Crippen molar-refractivity contribution in [3.8, 4) is 0 Å². The summed E-state index contributed by atoms with van der Waals surface area (Å²) in [6.45, 7) is 7.40.